The van der Waals surface area contributed by atoms with Gasteiger partial charge in [0.25, 0.3) is 5.91 Å². The zero-order valence-electron chi connectivity index (χ0n) is 14.1. The molecule has 132 valence electrons. The van der Waals surface area contributed by atoms with Crippen LogP contribution in [0.5, 0.6) is 0 Å². The predicted octanol–water partition coefficient (Wildman–Crippen LogP) is 1.13. The largest absolute Gasteiger partial charge is 0.382 e. The summed E-state index contributed by atoms with van der Waals surface area (Å²) in [6.07, 6.45) is 3.78. The van der Waals surface area contributed by atoms with Crippen molar-refractivity contribution in [2.24, 2.45) is 10.8 Å². The minimum Gasteiger partial charge on any atom is -0.382 e. The third-order valence-electron chi connectivity index (χ3n) is 3.97. The van der Waals surface area contributed by atoms with Crippen molar-refractivity contribution in [2.75, 3.05) is 31.6 Å². The Morgan fingerprint density at radius 1 is 1.28 bits per heavy atom. The number of nitriles is 1. The summed E-state index contributed by atoms with van der Waals surface area (Å²) in [6.45, 7) is 3.73. The molecule has 1 aromatic carbocycles. The minimum absolute atomic E-state index is 0.117. The fourth-order valence-corrected chi connectivity index (χ4v) is 2.57. The molecule has 2 rings (SSSR count). The van der Waals surface area contributed by atoms with Crippen molar-refractivity contribution < 1.29 is 4.79 Å². The van der Waals surface area contributed by atoms with Gasteiger partial charge in [0, 0.05) is 18.7 Å². The predicted molar refractivity (Wildman–Crippen MR) is 97.7 cm³/mol. The van der Waals surface area contributed by atoms with Crippen LogP contribution in [-0.2, 0) is 0 Å². The van der Waals surface area contributed by atoms with E-state index in [0.717, 1.165) is 19.6 Å². The highest BCUT2D eigenvalue weighted by molar-refractivity contribution is 6.45. The Morgan fingerprint density at radius 2 is 1.96 bits per heavy atom. The fourth-order valence-electron chi connectivity index (χ4n) is 2.57. The first-order valence-corrected chi connectivity index (χ1v) is 8.29. The van der Waals surface area contributed by atoms with Crippen LogP contribution in [0.4, 0.5) is 5.69 Å². The number of hydrazone groups is 1. The number of amides is 1. The van der Waals surface area contributed by atoms with Gasteiger partial charge >= 0.3 is 0 Å². The monoisotopic (exact) mass is 341 g/mol. The smallest absolute Gasteiger partial charge is 0.251 e. The number of nitrogens with zero attached hydrogens (tertiary/aromatic N) is 3. The van der Waals surface area contributed by atoms with Gasteiger partial charge in [-0.05, 0) is 50.2 Å². The van der Waals surface area contributed by atoms with Crippen LogP contribution < -0.4 is 16.5 Å². The third kappa shape index (κ3) is 5.90. The second-order valence-electron chi connectivity index (χ2n) is 5.83. The van der Waals surface area contributed by atoms with E-state index in [4.69, 9.17) is 16.4 Å². The summed E-state index contributed by atoms with van der Waals surface area (Å²) in [7, 11) is 0. The van der Waals surface area contributed by atoms with Gasteiger partial charge in [0.2, 0.25) is 5.71 Å². The lowest BCUT2D eigenvalue weighted by Crippen LogP contribution is -2.37. The van der Waals surface area contributed by atoms with E-state index in [1.807, 2.05) is 0 Å². The number of nitrogens with one attached hydrogen (secondary N) is 3. The van der Waals surface area contributed by atoms with Crippen molar-refractivity contribution in [1.82, 2.24) is 10.2 Å². The molecule has 0 saturated carbocycles. The molecular weight excluding hydrogens is 318 g/mol. The molecule has 0 unspecified atom stereocenters. The van der Waals surface area contributed by atoms with Crippen LogP contribution in [0.15, 0.2) is 29.4 Å². The third-order valence-corrected chi connectivity index (χ3v) is 3.97. The highest BCUT2D eigenvalue weighted by Crippen LogP contribution is 2.10. The SMILES string of the molecule is N#C/C(=N\Nc1ccc(C(=O)NCCN2CCCCC2)cc1)C(=N)N. The maximum atomic E-state index is 12.1. The summed E-state index contributed by atoms with van der Waals surface area (Å²) < 4.78 is 0. The number of likely N-dealkylation sites (tertiary alicyclic amines) is 1. The molecule has 1 aliphatic heterocycles. The average Bonchev–Trinajstić information content (AvgIpc) is 2.63. The molecular formula is C17H23N7O. The molecule has 1 aromatic rings. The van der Waals surface area contributed by atoms with Crippen LogP contribution in [0.2, 0.25) is 0 Å². The van der Waals surface area contributed by atoms with Gasteiger partial charge in [-0.25, -0.2) is 0 Å². The van der Waals surface area contributed by atoms with Crippen molar-refractivity contribution in [1.29, 1.82) is 10.7 Å². The van der Waals surface area contributed by atoms with Crippen LogP contribution in [0, 0.1) is 16.7 Å². The Labute approximate surface area is 147 Å². The van der Waals surface area contributed by atoms with Crippen LogP contribution in [0.3, 0.4) is 0 Å². The summed E-state index contributed by atoms with van der Waals surface area (Å²) in [5.74, 6) is -0.520. The number of amidine groups is 1. The number of benzene rings is 1. The zero-order valence-corrected chi connectivity index (χ0v) is 14.1. The van der Waals surface area contributed by atoms with E-state index < -0.39 is 5.84 Å². The summed E-state index contributed by atoms with van der Waals surface area (Å²) in [4.78, 5) is 14.5. The molecule has 0 radical (unpaired) electrons. The topological polar surface area (TPSA) is 130 Å². The molecule has 1 saturated heterocycles. The van der Waals surface area contributed by atoms with Crippen molar-refractivity contribution in [3.63, 3.8) is 0 Å². The molecule has 0 bridgehead atoms. The van der Waals surface area contributed by atoms with Gasteiger partial charge in [0.15, 0.2) is 5.84 Å². The Balaban J connectivity index is 1.81. The van der Waals surface area contributed by atoms with Gasteiger partial charge in [-0.15, -0.1) is 0 Å². The summed E-state index contributed by atoms with van der Waals surface area (Å²) in [6, 6.07) is 8.43. The fraction of sp³-hybridized carbons (Fsp3) is 0.412. The highest BCUT2D eigenvalue weighted by atomic mass is 16.1. The Morgan fingerprint density at radius 3 is 2.56 bits per heavy atom. The first-order valence-electron chi connectivity index (χ1n) is 8.29. The summed E-state index contributed by atoms with van der Waals surface area (Å²) in [5, 5.41) is 22.6. The van der Waals surface area contributed by atoms with Crippen LogP contribution in [0.1, 0.15) is 29.6 Å². The van der Waals surface area contributed by atoms with E-state index >= 15 is 0 Å². The van der Waals surface area contributed by atoms with E-state index in [1.165, 1.54) is 19.3 Å². The highest BCUT2D eigenvalue weighted by Gasteiger charge is 2.10. The number of hydrogen-bond donors (Lipinski definition) is 4. The molecule has 1 aliphatic rings. The molecule has 25 heavy (non-hydrogen) atoms. The number of piperidine rings is 1. The van der Waals surface area contributed by atoms with E-state index in [2.05, 4.69) is 20.7 Å². The first kappa shape index (κ1) is 18.4. The van der Waals surface area contributed by atoms with Gasteiger partial charge < -0.3 is 16.0 Å². The number of anilines is 1. The Bertz CT molecular complexity index is 669. The molecule has 0 aromatic heterocycles. The molecule has 8 heteroatoms. The lowest BCUT2D eigenvalue weighted by Gasteiger charge is -2.26. The average molecular weight is 341 g/mol. The number of carbonyl (C=O) groups is 1. The number of hydrogen-bond acceptors (Lipinski definition) is 6. The molecule has 0 atom stereocenters. The van der Waals surface area contributed by atoms with E-state index in [-0.39, 0.29) is 11.6 Å². The van der Waals surface area contributed by atoms with Crippen LogP contribution >= 0.6 is 0 Å². The van der Waals surface area contributed by atoms with Crippen molar-refractivity contribution >= 4 is 23.1 Å². The quantitative estimate of drug-likeness (QED) is 0.335. The van der Waals surface area contributed by atoms with Crippen molar-refractivity contribution in [3.8, 4) is 6.07 Å². The zero-order chi connectivity index (χ0) is 18.1. The number of carbonyl (C=O) groups excluding carboxylic acids is 1. The van der Waals surface area contributed by atoms with Gasteiger partial charge in [0.1, 0.15) is 6.07 Å². The van der Waals surface area contributed by atoms with E-state index in [0.29, 0.717) is 17.8 Å². The molecule has 8 nitrogen and oxygen atoms in total. The maximum Gasteiger partial charge on any atom is 0.251 e. The van der Waals surface area contributed by atoms with Crippen molar-refractivity contribution in [3.05, 3.63) is 29.8 Å². The number of nitrogens with two attached hydrogens (primary N) is 1. The van der Waals surface area contributed by atoms with E-state index in [9.17, 15) is 4.79 Å². The van der Waals surface area contributed by atoms with Gasteiger partial charge in [0.05, 0.1) is 5.69 Å². The molecule has 0 aliphatic carbocycles. The second kappa shape index (κ2) is 9.39. The second-order valence-corrected chi connectivity index (χ2v) is 5.83. The summed E-state index contributed by atoms with van der Waals surface area (Å²) >= 11 is 0. The Kier molecular flexibility index (Phi) is 6.92. The molecule has 5 N–H and O–H groups in total. The lowest BCUT2D eigenvalue weighted by atomic mass is 10.1. The van der Waals surface area contributed by atoms with Crippen LogP contribution in [0.25, 0.3) is 0 Å². The molecule has 1 amide bonds. The standard InChI is InChI=1S/C17H23N7O/c18-12-15(16(19)20)23-22-14-6-4-13(5-7-14)17(25)21-8-11-24-9-2-1-3-10-24/h4-7,22H,1-3,8-11H2,(H3,19,20)(H,21,25)/b23-15+. The first-order chi connectivity index (χ1) is 12.1. The van der Waals surface area contributed by atoms with Gasteiger partial charge in [-0.2, -0.15) is 10.4 Å². The Hall–Kier alpha value is -2.92. The van der Waals surface area contributed by atoms with Gasteiger partial charge in [-0.1, -0.05) is 6.42 Å². The lowest BCUT2D eigenvalue weighted by molar-refractivity contribution is 0.0946. The molecule has 0 spiro atoms. The molecule has 1 fully saturated rings. The summed E-state index contributed by atoms with van der Waals surface area (Å²) in [5.41, 5.74) is 8.80. The van der Waals surface area contributed by atoms with Crippen LogP contribution in [-0.4, -0.2) is 48.5 Å². The van der Waals surface area contributed by atoms with E-state index in [1.54, 1.807) is 30.3 Å². The number of rotatable bonds is 7. The minimum atomic E-state index is -0.403. The maximum absolute atomic E-state index is 12.1. The van der Waals surface area contributed by atoms with Gasteiger partial charge in [-0.3, -0.25) is 15.6 Å². The molecule has 1 heterocycles. The van der Waals surface area contributed by atoms with Crippen molar-refractivity contribution in [2.45, 2.75) is 19.3 Å². The normalized spacial score (nSPS) is 15.2.